The zero-order chi connectivity index (χ0) is 19.6. The molecular weight excluding hydrogens is 413 g/mol. The summed E-state index contributed by atoms with van der Waals surface area (Å²) in [4.78, 5) is 13.4. The molecule has 26 heavy (non-hydrogen) atoms. The molecule has 0 atom stereocenters. The fraction of sp³-hybridized carbons (Fsp3) is 0.600. The van der Waals surface area contributed by atoms with Crippen LogP contribution in [0.4, 0.5) is 4.39 Å². The lowest BCUT2D eigenvalue weighted by atomic mass is 9.66. The van der Waals surface area contributed by atoms with E-state index in [4.69, 9.17) is 4.43 Å². The molecule has 3 nitrogen and oxygen atoms in total. The highest BCUT2D eigenvalue weighted by Crippen LogP contribution is 2.47. The van der Waals surface area contributed by atoms with Crippen LogP contribution in [0.2, 0.25) is 19.6 Å². The molecule has 0 N–H and O–H groups in total. The molecule has 0 saturated heterocycles. The number of rotatable bonds is 6. The van der Waals surface area contributed by atoms with Crippen LogP contribution in [-0.2, 0) is 4.43 Å². The van der Waals surface area contributed by atoms with E-state index in [0.717, 1.165) is 12.8 Å². The molecule has 0 unspecified atom stereocenters. The normalized spacial score (nSPS) is 26.3. The summed E-state index contributed by atoms with van der Waals surface area (Å²) in [5, 5.41) is 9.69. The largest absolute Gasteiger partial charge is 0.405 e. The Kier molecular flexibility index (Phi) is 6.47. The Morgan fingerprint density at radius 1 is 1.31 bits per heavy atom. The first-order valence-electron chi connectivity index (χ1n) is 9.18. The summed E-state index contributed by atoms with van der Waals surface area (Å²) in [5.41, 5.74) is -1.02. The summed E-state index contributed by atoms with van der Waals surface area (Å²) < 4.78 is 20.6. The summed E-state index contributed by atoms with van der Waals surface area (Å²) >= 11 is 3.22. The summed E-state index contributed by atoms with van der Waals surface area (Å²) in [6.07, 6.45) is 4.07. The number of nitriles is 1. The highest BCUT2D eigenvalue weighted by molar-refractivity contribution is 9.10. The standard InChI is InChI=1S/C20H27BrFNO2Si/c1-5-9-19(14-23)10-12-20(13-11-19,25-26(2,3)4)18(24)15-7-6-8-16(22)17(15)21/h6-8H,5,9-13H2,1-4H3. The topological polar surface area (TPSA) is 50.1 Å². The van der Waals surface area contributed by atoms with Crippen LogP contribution in [0.25, 0.3) is 0 Å². The van der Waals surface area contributed by atoms with E-state index in [1.165, 1.54) is 6.07 Å². The van der Waals surface area contributed by atoms with Crippen LogP contribution in [0.3, 0.4) is 0 Å². The molecule has 2 rings (SSSR count). The van der Waals surface area contributed by atoms with Gasteiger partial charge in [0, 0.05) is 5.56 Å². The van der Waals surface area contributed by atoms with Crippen LogP contribution in [0.15, 0.2) is 22.7 Å². The predicted octanol–water partition coefficient (Wildman–Crippen LogP) is 6.25. The molecule has 142 valence electrons. The number of nitrogens with zero attached hydrogens (tertiary/aromatic N) is 1. The molecule has 0 spiro atoms. The zero-order valence-corrected chi connectivity index (χ0v) is 18.6. The van der Waals surface area contributed by atoms with Gasteiger partial charge in [-0.05, 0) is 79.8 Å². The van der Waals surface area contributed by atoms with E-state index in [-0.39, 0.29) is 15.7 Å². The number of hydrogen-bond acceptors (Lipinski definition) is 3. The Bertz CT molecular complexity index is 716. The molecule has 1 aromatic rings. The van der Waals surface area contributed by atoms with Crippen LogP contribution in [0, 0.1) is 22.6 Å². The van der Waals surface area contributed by atoms with E-state index in [2.05, 4.69) is 48.6 Å². The van der Waals surface area contributed by atoms with Gasteiger partial charge in [0.05, 0.1) is 16.0 Å². The van der Waals surface area contributed by atoms with Gasteiger partial charge in [0.25, 0.3) is 0 Å². The number of benzene rings is 1. The zero-order valence-electron chi connectivity index (χ0n) is 16.0. The van der Waals surface area contributed by atoms with Crippen LogP contribution < -0.4 is 0 Å². The van der Waals surface area contributed by atoms with Gasteiger partial charge in [0.15, 0.2) is 14.1 Å². The maximum Gasteiger partial charge on any atom is 0.194 e. The third kappa shape index (κ3) is 4.44. The number of Topliss-reactive ketones (excluding diaryl/α,β-unsaturated/α-hetero) is 1. The Labute approximate surface area is 165 Å². The molecule has 1 saturated carbocycles. The third-order valence-electron chi connectivity index (χ3n) is 5.09. The first-order valence-corrected chi connectivity index (χ1v) is 13.4. The minimum absolute atomic E-state index is 0.172. The first-order chi connectivity index (χ1) is 12.1. The second-order valence-corrected chi connectivity index (χ2v) is 13.5. The van der Waals surface area contributed by atoms with E-state index in [1.54, 1.807) is 12.1 Å². The van der Waals surface area contributed by atoms with E-state index >= 15 is 0 Å². The summed E-state index contributed by atoms with van der Waals surface area (Å²) in [6.45, 7) is 8.25. The molecule has 0 heterocycles. The number of hydrogen-bond donors (Lipinski definition) is 0. The molecule has 0 radical (unpaired) electrons. The minimum atomic E-state index is -2.03. The van der Waals surface area contributed by atoms with Gasteiger partial charge in [-0.3, -0.25) is 4.79 Å². The van der Waals surface area contributed by atoms with Crippen molar-refractivity contribution in [1.29, 1.82) is 5.26 Å². The van der Waals surface area contributed by atoms with Crippen molar-refractivity contribution >= 4 is 30.0 Å². The molecular formula is C20H27BrFNO2Si. The molecule has 0 aliphatic heterocycles. The molecule has 1 aliphatic rings. The Balaban J connectivity index is 2.41. The number of ketones is 1. The molecule has 1 aromatic carbocycles. The fourth-order valence-corrected chi connectivity index (χ4v) is 5.83. The minimum Gasteiger partial charge on any atom is -0.405 e. The average molecular weight is 440 g/mol. The van der Waals surface area contributed by atoms with Gasteiger partial charge in [-0.15, -0.1) is 0 Å². The van der Waals surface area contributed by atoms with Crippen molar-refractivity contribution in [2.75, 3.05) is 0 Å². The van der Waals surface area contributed by atoms with E-state index < -0.39 is 19.7 Å². The Morgan fingerprint density at radius 3 is 2.42 bits per heavy atom. The Hall–Kier alpha value is -1.03. The average Bonchev–Trinajstić information content (AvgIpc) is 2.58. The van der Waals surface area contributed by atoms with Gasteiger partial charge in [-0.25, -0.2) is 4.39 Å². The number of carbonyl (C=O) groups is 1. The van der Waals surface area contributed by atoms with Crippen molar-refractivity contribution < 1.29 is 13.6 Å². The monoisotopic (exact) mass is 439 g/mol. The highest BCUT2D eigenvalue weighted by atomic mass is 79.9. The van der Waals surface area contributed by atoms with Crippen molar-refractivity contribution in [3.8, 4) is 6.07 Å². The maximum atomic E-state index is 14.0. The molecule has 0 aromatic heterocycles. The fourth-order valence-electron chi connectivity index (χ4n) is 3.91. The molecule has 1 aliphatic carbocycles. The van der Waals surface area contributed by atoms with Crippen LogP contribution in [0.1, 0.15) is 55.8 Å². The van der Waals surface area contributed by atoms with Gasteiger partial charge in [0.2, 0.25) is 0 Å². The van der Waals surface area contributed by atoms with Crippen molar-refractivity contribution in [2.45, 2.75) is 70.7 Å². The summed E-state index contributed by atoms with van der Waals surface area (Å²) in [7, 11) is -2.03. The quantitative estimate of drug-likeness (QED) is 0.388. The maximum absolute atomic E-state index is 14.0. The number of halogens is 2. The van der Waals surface area contributed by atoms with Crippen molar-refractivity contribution in [2.24, 2.45) is 5.41 Å². The summed E-state index contributed by atoms with van der Waals surface area (Å²) in [6, 6.07) is 7.01. The Morgan fingerprint density at radius 2 is 1.92 bits per heavy atom. The second-order valence-electron chi connectivity index (χ2n) is 8.28. The van der Waals surface area contributed by atoms with Crippen molar-refractivity contribution in [1.82, 2.24) is 0 Å². The van der Waals surface area contributed by atoms with Gasteiger partial charge in [-0.2, -0.15) is 5.26 Å². The molecule has 0 bridgehead atoms. The second kappa shape index (κ2) is 7.91. The lowest BCUT2D eigenvalue weighted by Crippen LogP contribution is -2.52. The van der Waals surface area contributed by atoms with Crippen molar-refractivity contribution in [3.63, 3.8) is 0 Å². The summed E-state index contributed by atoms with van der Waals surface area (Å²) in [5.74, 6) is -0.624. The van der Waals surface area contributed by atoms with Gasteiger partial charge >= 0.3 is 0 Å². The van der Waals surface area contributed by atoms with E-state index in [9.17, 15) is 14.4 Å². The highest BCUT2D eigenvalue weighted by Gasteiger charge is 2.50. The number of carbonyl (C=O) groups excluding carboxylic acids is 1. The van der Waals surface area contributed by atoms with Crippen LogP contribution >= 0.6 is 15.9 Å². The smallest absolute Gasteiger partial charge is 0.194 e. The van der Waals surface area contributed by atoms with Crippen molar-refractivity contribution in [3.05, 3.63) is 34.1 Å². The SMILES string of the molecule is CCCC1(C#N)CCC(O[Si](C)(C)C)(C(=O)c2cccc(F)c2Br)CC1. The third-order valence-corrected chi connectivity index (χ3v) is 6.90. The predicted molar refractivity (Wildman–Crippen MR) is 107 cm³/mol. The van der Waals surface area contributed by atoms with Crippen LogP contribution in [0.5, 0.6) is 0 Å². The molecule has 6 heteroatoms. The van der Waals surface area contributed by atoms with E-state index in [0.29, 0.717) is 31.2 Å². The van der Waals surface area contributed by atoms with Crippen LogP contribution in [-0.4, -0.2) is 19.7 Å². The lowest BCUT2D eigenvalue weighted by Gasteiger charge is -2.45. The first kappa shape index (κ1) is 21.3. The van der Waals surface area contributed by atoms with Gasteiger partial charge in [-0.1, -0.05) is 19.4 Å². The molecule has 1 fully saturated rings. The van der Waals surface area contributed by atoms with E-state index in [1.807, 2.05) is 0 Å². The van der Waals surface area contributed by atoms with Gasteiger partial charge < -0.3 is 4.43 Å². The molecule has 0 amide bonds. The lowest BCUT2D eigenvalue weighted by molar-refractivity contribution is 0.00349. The van der Waals surface area contributed by atoms with Gasteiger partial charge in [0.1, 0.15) is 11.4 Å².